The summed E-state index contributed by atoms with van der Waals surface area (Å²) in [5.41, 5.74) is 1.30. The summed E-state index contributed by atoms with van der Waals surface area (Å²) in [6.45, 7) is 4.73. The molecule has 134 valence electrons. The number of hydrogen-bond acceptors (Lipinski definition) is 4. The number of likely N-dealkylation sites (N-methyl/N-ethyl adjacent to an activating group) is 1. The van der Waals surface area contributed by atoms with Crippen molar-refractivity contribution in [3.63, 3.8) is 0 Å². The van der Waals surface area contributed by atoms with E-state index in [2.05, 4.69) is 5.10 Å². The number of hydrogen-bond donors (Lipinski definition) is 1. The molecule has 2 rings (SSSR count). The van der Waals surface area contributed by atoms with Crippen molar-refractivity contribution < 1.29 is 19.4 Å². The lowest BCUT2D eigenvalue weighted by Gasteiger charge is -2.26. The van der Waals surface area contributed by atoms with Gasteiger partial charge < -0.3 is 9.84 Å². The van der Waals surface area contributed by atoms with Gasteiger partial charge in [-0.25, -0.2) is 9.59 Å². The van der Waals surface area contributed by atoms with Gasteiger partial charge >= 0.3 is 12.1 Å². The van der Waals surface area contributed by atoms with Crippen molar-refractivity contribution in [1.29, 1.82) is 0 Å². The fraction of sp³-hybridized carbons (Fsp3) is 0.389. The van der Waals surface area contributed by atoms with Crippen LogP contribution in [0.15, 0.2) is 42.7 Å². The van der Waals surface area contributed by atoms with Gasteiger partial charge in [-0.2, -0.15) is 5.10 Å². The standard InChI is InChI=1S/C18H23N3O4/c1-3-10-20-12-15(11-19-20)16(17(22)23)21(4-2)18(24)25-13-14-8-6-5-7-9-14/h5-9,11-12,16H,3-4,10,13H2,1-2H3,(H,22,23). The normalized spacial score (nSPS) is 11.8. The van der Waals surface area contributed by atoms with Crippen LogP contribution in [0, 0.1) is 0 Å². The van der Waals surface area contributed by atoms with Crippen molar-refractivity contribution in [3.05, 3.63) is 53.9 Å². The molecular weight excluding hydrogens is 322 g/mol. The third-order valence-corrected chi connectivity index (χ3v) is 3.75. The zero-order valence-electron chi connectivity index (χ0n) is 14.5. The first kappa shape index (κ1) is 18.5. The maximum Gasteiger partial charge on any atom is 0.411 e. The van der Waals surface area contributed by atoms with E-state index in [0.717, 1.165) is 12.0 Å². The predicted molar refractivity (Wildman–Crippen MR) is 91.9 cm³/mol. The molecule has 1 unspecified atom stereocenters. The molecule has 7 nitrogen and oxygen atoms in total. The molecule has 0 aliphatic rings. The molecule has 0 saturated carbocycles. The number of carboxylic acids is 1. The second-order valence-corrected chi connectivity index (χ2v) is 5.60. The molecule has 1 atom stereocenters. The number of aromatic nitrogens is 2. The number of carbonyl (C=O) groups is 2. The summed E-state index contributed by atoms with van der Waals surface area (Å²) in [5.74, 6) is -1.12. The molecule has 1 heterocycles. The highest BCUT2D eigenvalue weighted by molar-refractivity contribution is 5.81. The van der Waals surface area contributed by atoms with Crippen LogP contribution < -0.4 is 0 Å². The monoisotopic (exact) mass is 345 g/mol. The fourth-order valence-electron chi connectivity index (χ4n) is 2.55. The highest BCUT2D eigenvalue weighted by atomic mass is 16.6. The molecule has 2 aromatic rings. The summed E-state index contributed by atoms with van der Waals surface area (Å²) in [6, 6.07) is 8.13. The molecule has 0 aliphatic carbocycles. The van der Waals surface area contributed by atoms with Crippen molar-refractivity contribution >= 4 is 12.1 Å². The van der Waals surface area contributed by atoms with E-state index in [0.29, 0.717) is 12.1 Å². The molecule has 0 aliphatic heterocycles. The Balaban J connectivity index is 2.12. The molecule has 0 saturated heterocycles. The Morgan fingerprint density at radius 1 is 1.28 bits per heavy atom. The Bertz CT molecular complexity index is 699. The molecule has 0 fully saturated rings. The van der Waals surface area contributed by atoms with E-state index in [1.165, 1.54) is 11.1 Å². The fourth-order valence-corrected chi connectivity index (χ4v) is 2.55. The summed E-state index contributed by atoms with van der Waals surface area (Å²) in [4.78, 5) is 25.4. The van der Waals surface area contributed by atoms with Gasteiger partial charge in [-0.15, -0.1) is 0 Å². The molecule has 7 heteroatoms. The molecule has 0 radical (unpaired) electrons. The van der Waals surface area contributed by atoms with Gasteiger partial charge in [-0.05, 0) is 18.9 Å². The number of aryl methyl sites for hydroxylation is 1. The predicted octanol–water partition coefficient (Wildman–Crippen LogP) is 3.08. The Morgan fingerprint density at radius 3 is 2.60 bits per heavy atom. The minimum atomic E-state index is -1.13. The van der Waals surface area contributed by atoms with Gasteiger partial charge in [0.15, 0.2) is 6.04 Å². The first-order valence-corrected chi connectivity index (χ1v) is 8.29. The first-order chi connectivity index (χ1) is 12.1. The third-order valence-electron chi connectivity index (χ3n) is 3.75. The number of nitrogens with zero attached hydrogens (tertiary/aromatic N) is 3. The topological polar surface area (TPSA) is 84.7 Å². The Kier molecular flexibility index (Phi) is 6.56. The zero-order valence-corrected chi connectivity index (χ0v) is 14.5. The van der Waals surface area contributed by atoms with E-state index < -0.39 is 18.1 Å². The van der Waals surface area contributed by atoms with Crippen LogP contribution in [0.5, 0.6) is 0 Å². The van der Waals surface area contributed by atoms with Crippen LogP contribution in [-0.4, -0.2) is 38.4 Å². The van der Waals surface area contributed by atoms with E-state index in [1.807, 2.05) is 37.3 Å². The van der Waals surface area contributed by atoms with Gasteiger partial charge in [0, 0.05) is 24.8 Å². The molecule has 0 bridgehead atoms. The van der Waals surface area contributed by atoms with Gasteiger partial charge in [0.1, 0.15) is 6.61 Å². The summed E-state index contributed by atoms with van der Waals surface area (Å²) in [5, 5.41) is 13.8. The Morgan fingerprint density at radius 2 is 2.00 bits per heavy atom. The smallest absolute Gasteiger partial charge is 0.411 e. The van der Waals surface area contributed by atoms with Gasteiger partial charge in [0.05, 0.1) is 6.20 Å². The van der Waals surface area contributed by atoms with Crippen LogP contribution >= 0.6 is 0 Å². The second-order valence-electron chi connectivity index (χ2n) is 5.60. The van der Waals surface area contributed by atoms with Crippen LogP contribution in [0.25, 0.3) is 0 Å². The van der Waals surface area contributed by atoms with Gasteiger partial charge in [0.25, 0.3) is 0 Å². The van der Waals surface area contributed by atoms with Crippen molar-refractivity contribution in [2.24, 2.45) is 0 Å². The van der Waals surface area contributed by atoms with Crippen LogP contribution in [0.1, 0.15) is 37.4 Å². The molecular formula is C18H23N3O4. The van der Waals surface area contributed by atoms with Crippen molar-refractivity contribution in [2.45, 2.75) is 39.5 Å². The van der Waals surface area contributed by atoms with E-state index in [1.54, 1.807) is 17.8 Å². The van der Waals surface area contributed by atoms with Crippen LogP contribution in [-0.2, 0) is 22.7 Å². The van der Waals surface area contributed by atoms with Crippen LogP contribution in [0.4, 0.5) is 4.79 Å². The minimum absolute atomic E-state index is 0.0949. The number of rotatable bonds is 8. The number of aliphatic carboxylic acids is 1. The number of benzene rings is 1. The Hall–Kier alpha value is -2.83. The molecule has 1 N–H and O–H groups in total. The minimum Gasteiger partial charge on any atom is -0.479 e. The number of amides is 1. The summed E-state index contributed by atoms with van der Waals surface area (Å²) in [7, 11) is 0. The van der Waals surface area contributed by atoms with Gasteiger partial charge in [-0.3, -0.25) is 9.58 Å². The quantitative estimate of drug-likeness (QED) is 0.795. The van der Waals surface area contributed by atoms with Crippen molar-refractivity contribution in [2.75, 3.05) is 6.54 Å². The molecule has 0 spiro atoms. The largest absolute Gasteiger partial charge is 0.479 e. The van der Waals surface area contributed by atoms with Gasteiger partial charge in [-0.1, -0.05) is 37.3 Å². The average molecular weight is 345 g/mol. The third kappa shape index (κ3) is 4.82. The van der Waals surface area contributed by atoms with E-state index in [9.17, 15) is 14.7 Å². The number of ether oxygens (including phenoxy) is 1. The van der Waals surface area contributed by atoms with E-state index in [4.69, 9.17) is 4.74 Å². The van der Waals surface area contributed by atoms with E-state index >= 15 is 0 Å². The molecule has 1 amide bonds. The summed E-state index contributed by atoms with van der Waals surface area (Å²) >= 11 is 0. The van der Waals surface area contributed by atoms with Crippen LogP contribution in [0.2, 0.25) is 0 Å². The zero-order chi connectivity index (χ0) is 18.2. The summed E-state index contributed by atoms with van der Waals surface area (Å²) < 4.78 is 6.96. The van der Waals surface area contributed by atoms with Gasteiger partial charge in [0.2, 0.25) is 0 Å². The lowest BCUT2D eigenvalue weighted by molar-refractivity contribution is -0.143. The highest BCUT2D eigenvalue weighted by Crippen LogP contribution is 2.22. The first-order valence-electron chi connectivity index (χ1n) is 8.29. The van der Waals surface area contributed by atoms with Crippen molar-refractivity contribution in [1.82, 2.24) is 14.7 Å². The number of carboxylic acid groups (broad SMARTS) is 1. The maximum atomic E-state index is 12.4. The lowest BCUT2D eigenvalue weighted by atomic mass is 10.1. The lowest BCUT2D eigenvalue weighted by Crippen LogP contribution is -2.39. The molecule has 1 aromatic carbocycles. The number of carbonyl (C=O) groups excluding carboxylic acids is 1. The molecule has 25 heavy (non-hydrogen) atoms. The van der Waals surface area contributed by atoms with Crippen LogP contribution in [0.3, 0.4) is 0 Å². The molecule has 1 aromatic heterocycles. The maximum absolute atomic E-state index is 12.4. The Labute approximate surface area is 146 Å². The SMILES string of the molecule is CCCn1cc(C(C(=O)O)N(CC)C(=O)OCc2ccccc2)cn1. The highest BCUT2D eigenvalue weighted by Gasteiger charge is 2.32. The summed E-state index contributed by atoms with van der Waals surface area (Å²) in [6.07, 6.45) is 3.37. The average Bonchev–Trinajstić information content (AvgIpc) is 3.06. The second kappa shape index (κ2) is 8.86. The van der Waals surface area contributed by atoms with E-state index in [-0.39, 0.29) is 13.2 Å². The van der Waals surface area contributed by atoms with Crippen molar-refractivity contribution in [3.8, 4) is 0 Å².